The first-order valence-corrected chi connectivity index (χ1v) is 5.91. The van der Waals surface area contributed by atoms with Gasteiger partial charge in [-0.25, -0.2) is 4.98 Å². The summed E-state index contributed by atoms with van der Waals surface area (Å²) in [5, 5.41) is 3.37. The van der Waals surface area contributed by atoms with Crippen molar-refractivity contribution in [3.8, 4) is 0 Å². The van der Waals surface area contributed by atoms with Crippen LogP contribution in [-0.2, 0) is 26.6 Å². The Morgan fingerprint density at radius 1 is 1.24 bits per heavy atom. The summed E-state index contributed by atoms with van der Waals surface area (Å²) >= 11 is 0. The third-order valence-electron chi connectivity index (χ3n) is 2.86. The molecule has 0 fully saturated rings. The van der Waals surface area contributed by atoms with Gasteiger partial charge in [0, 0.05) is 32.2 Å². The van der Waals surface area contributed by atoms with Gasteiger partial charge in [0.1, 0.15) is 5.82 Å². The van der Waals surface area contributed by atoms with Gasteiger partial charge in [-0.2, -0.15) is 0 Å². The van der Waals surface area contributed by atoms with Gasteiger partial charge in [0.05, 0.1) is 12.2 Å². The fourth-order valence-corrected chi connectivity index (χ4v) is 1.81. The first kappa shape index (κ1) is 11.8. The fourth-order valence-electron chi connectivity index (χ4n) is 1.81. The van der Waals surface area contributed by atoms with Gasteiger partial charge in [-0.1, -0.05) is 13.0 Å². The van der Waals surface area contributed by atoms with Gasteiger partial charge in [0.2, 0.25) is 0 Å². The van der Waals surface area contributed by atoms with E-state index in [1.807, 2.05) is 36.3 Å². The number of hydrogen-bond acceptors (Lipinski definition) is 3. The summed E-state index contributed by atoms with van der Waals surface area (Å²) in [7, 11) is 2.00. The second-order valence-electron chi connectivity index (χ2n) is 4.02. The van der Waals surface area contributed by atoms with Crippen LogP contribution in [0.3, 0.4) is 0 Å². The number of rotatable bonds is 5. The Kier molecular flexibility index (Phi) is 3.88. The van der Waals surface area contributed by atoms with Crippen molar-refractivity contribution in [1.82, 2.24) is 19.9 Å². The predicted molar refractivity (Wildman–Crippen MR) is 67.4 cm³/mol. The average molecular weight is 230 g/mol. The molecule has 0 unspecified atom stereocenters. The summed E-state index contributed by atoms with van der Waals surface area (Å²) in [6.45, 7) is 3.71. The molecule has 2 aromatic heterocycles. The van der Waals surface area contributed by atoms with Crippen LogP contribution in [0.15, 0.2) is 30.7 Å². The van der Waals surface area contributed by atoms with Crippen molar-refractivity contribution < 1.29 is 0 Å². The maximum atomic E-state index is 4.40. The van der Waals surface area contributed by atoms with Crippen molar-refractivity contribution in [2.45, 2.75) is 26.4 Å². The van der Waals surface area contributed by atoms with Gasteiger partial charge >= 0.3 is 0 Å². The van der Waals surface area contributed by atoms with E-state index in [4.69, 9.17) is 0 Å². The second-order valence-corrected chi connectivity index (χ2v) is 4.02. The Labute approximate surface area is 102 Å². The minimum Gasteiger partial charge on any atom is -0.337 e. The number of aromatic nitrogens is 3. The minimum atomic E-state index is 0.767. The third kappa shape index (κ3) is 2.91. The number of nitrogens with one attached hydrogen (secondary N) is 1. The molecule has 2 aromatic rings. The van der Waals surface area contributed by atoms with E-state index < -0.39 is 0 Å². The highest BCUT2D eigenvalue weighted by Crippen LogP contribution is 2.05. The van der Waals surface area contributed by atoms with E-state index in [2.05, 4.69) is 28.3 Å². The number of hydrogen-bond donors (Lipinski definition) is 1. The fraction of sp³-hybridized carbons (Fsp3) is 0.385. The van der Waals surface area contributed by atoms with Crippen molar-refractivity contribution >= 4 is 0 Å². The molecule has 0 saturated carbocycles. The Morgan fingerprint density at radius 2 is 2.12 bits per heavy atom. The SMILES string of the molecule is CCc1cccnc1CNCc1nccn1C. The molecule has 0 saturated heterocycles. The van der Waals surface area contributed by atoms with Crippen molar-refractivity contribution in [3.05, 3.63) is 47.8 Å². The summed E-state index contributed by atoms with van der Waals surface area (Å²) in [5.41, 5.74) is 2.43. The number of pyridine rings is 1. The van der Waals surface area contributed by atoms with Crippen LogP contribution in [-0.4, -0.2) is 14.5 Å². The highest BCUT2D eigenvalue weighted by atomic mass is 15.1. The monoisotopic (exact) mass is 230 g/mol. The zero-order valence-electron chi connectivity index (χ0n) is 10.3. The van der Waals surface area contributed by atoms with Crippen molar-refractivity contribution in [2.24, 2.45) is 7.05 Å². The van der Waals surface area contributed by atoms with Gasteiger partial charge in [0.25, 0.3) is 0 Å². The molecule has 0 aliphatic heterocycles. The van der Waals surface area contributed by atoms with E-state index in [0.29, 0.717) is 0 Å². The summed E-state index contributed by atoms with van der Waals surface area (Å²) in [5.74, 6) is 1.04. The van der Waals surface area contributed by atoms with E-state index in [1.165, 1.54) is 5.56 Å². The molecule has 0 atom stereocenters. The van der Waals surface area contributed by atoms with Crippen molar-refractivity contribution in [1.29, 1.82) is 0 Å². The molecule has 17 heavy (non-hydrogen) atoms. The topological polar surface area (TPSA) is 42.7 Å². The third-order valence-corrected chi connectivity index (χ3v) is 2.86. The van der Waals surface area contributed by atoms with E-state index in [0.717, 1.165) is 31.0 Å². The zero-order valence-corrected chi connectivity index (χ0v) is 10.3. The number of nitrogens with zero attached hydrogens (tertiary/aromatic N) is 3. The van der Waals surface area contributed by atoms with E-state index in [-0.39, 0.29) is 0 Å². The van der Waals surface area contributed by atoms with Crippen LogP contribution in [0.2, 0.25) is 0 Å². The lowest BCUT2D eigenvalue weighted by atomic mass is 10.1. The highest BCUT2D eigenvalue weighted by molar-refractivity contribution is 5.19. The van der Waals surface area contributed by atoms with Crippen LogP contribution >= 0.6 is 0 Å². The van der Waals surface area contributed by atoms with Crippen LogP contribution in [0.25, 0.3) is 0 Å². The van der Waals surface area contributed by atoms with Gasteiger partial charge in [0.15, 0.2) is 0 Å². The summed E-state index contributed by atoms with van der Waals surface area (Å²) in [6.07, 6.45) is 6.63. The lowest BCUT2D eigenvalue weighted by Crippen LogP contribution is -2.17. The first-order valence-electron chi connectivity index (χ1n) is 5.91. The van der Waals surface area contributed by atoms with E-state index >= 15 is 0 Å². The lowest BCUT2D eigenvalue weighted by Gasteiger charge is -2.08. The molecule has 1 N–H and O–H groups in total. The molecule has 2 heterocycles. The van der Waals surface area contributed by atoms with Gasteiger partial charge in [-0.3, -0.25) is 4.98 Å². The molecular formula is C13H18N4. The molecule has 0 bridgehead atoms. The zero-order chi connectivity index (χ0) is 12.1. The summed E-state index contributed by atoms with van der Waals surface area (Å²) < 4.78 is 2.02. The molecule has 0 amide bonds. The molecule has 4 nitrogen and oxygen atoms in total. The number of aryl methyl sites for hydroxylation is 2. The summed E-state index contributed by atoms with van der Waals surface area (Å²) in [4.78, 5) is 8.67. The average Bonchev–Trinajstić information content (AvgIpc) is 2.76. The number of imidazole rings is 1. The quantitative estimate of drug-likeness (QED) is 0.849. The molecule has 0 spiro atoms. The van der Waals surface area contributed by atoms with Crippen molar-refractivity contribution in [2.75, 3.05) is 0 Å². The molecule has 0 aliphatic rings. The molecule has 90 valence electrons. The first-order chi connectivity index (χ1) is 8.31. The molecule has 0 aliphatic carbocycles. The van der Waals surface area contributed by atoms with E-state index in [9.17, 15) is 0 Å². The molecule has 4 heteroatoms. The smallest absolute Gasteiger partial charge is 0.122 e. The van der Waals surface area contributed by atoms with Crippen LogP contribution in [0.4, 0.5) is 0 Å². The molecule has 0 radical (unpaired) electrons. The standard InChI is InChI=1S/C13H18N4/c1-3-11-5-4-6-15-12(11)9-14-10-13-16-7-8-17(13)2/h4-8,14H,3,9-10H2,1-2H3. The molecular weight excluding hydrogens is 212 g/mol. The largest absolute Gasteiger partial charge is 0.337 e. The molecule has 0 aromatic carbocycles. The minimum absolute atomic E-state index is 0.767. The molecule has 2 rings (SSSR count). The maximum Gasteiger partial charge on any atom is 0.122 e. The van der Waals surface area contributed by atoms with Crippen LogP contribution in [0, 0.1) is 0 Å². The van der Waals surface area contributed by atoms with Crippen LogP contribution in [0.1, 0.15) is 24.0 Å². The highest BCUT2D eigenvalue weighted by Gasteiger charge is 2.02. The maximum absolute atomic E-state index is 4.40. The van der Waals surface area contributed by atoms with Crippen LogP contribution < -0.4 is 5.32 Å². The van der Waals surface area contributed by atoms with Gasteiger partial charge in [-0.05, 0) is 18.1 Å². The normalized spacial score (nSPS) is 10.7. The van der Waals surface area contributed by atoms with E-state index in [1.54, 1.807) is 0 Å². The Balaban J connectivity index is 1.92. The Bertz CT molecular complexity index is 476. The van der Waals surface area contributed by atoms with Gasteiger partial charge < -0.3 is 9.88 Å². The Morgan fingerprint density at radius 3 is 2.82 bits per heavy atom. The second kappa shape index (κ2) is 5.59. The Hall–Kier alpha value is -1.68. The van der Waals surface area contributed by atoms with Gasteiger partial charge in [-0.15, -0.1) is 0 Å². The lowest BCUT2D eigenvalue weighted by molar-refractivity contribution is 0.627. The predicted octanol–water partition coefficient (Wildman–Crippen LogP) is 1.67. The van der Waals surface area contributed by atoms with Crippen LogP contribution in [0.5, 0.6) is 0 Å². The summed E-state index contributed by atoms with van der Waals surface area (Å²) in [6, 6.07) is 4.12. The van der Waals surface area contributed by atoms with Crippen molar-refractivity contribution in [3.63, 3.8) is 0 Å².